The van der Waals surface area contributed by atoms with Crippen LogP contribution >= 0.6 is 0 Å². The average Bonchev–Trinajstić information content (AvgIpc) is 2.70. The molecule has 1 heterocycles. The van der Waals surface area contributed by atoms with E-state index in [1.165, 1.54) is 12.1 Å². The molecule has 0 saturated carbocycles. The lowest BCUT2D eigenvalue weighted by molar-refractivity contribution is -0.137. The van der Waals surface area contributed by atoms with Crippen molar-refractivity contribution in [1.82, 2.24) is 10.2 Å². The van der Waals surface area contributed by atoms with Crippen LogP contribution in [0.25, 0.3) is 0 Å². The molecule has 1 aromatic carbocycles. The summed E-state index contributed by atoms with van der Waals surface area (Å²) >= 11 is 0. The summed E-state index contributed by atoms with van der Waals surface area (Å²) < 4.78 is 48.4. The van der Waals surface area contributed by atoms with Gasteiger partial charge in [-0.2, -0.15) is 13.2 Å². The minimum atomic E-state index is -4.39. The summed E-state index contributed by atoms with van der Waals surface area (Å²) in [6.45, 7) is 7.67. The van der Waals surface area contributed by atoms with Crippen molar-refractivity contribution in [3.8, 4) is 5.75 Å². The predicted molar refractivity (Wildman–Crippen MR) is 100 cm³/mol. The normalized spacial score (nSPS) is 16.8. The lowest BCUT2D eigenvalue weighted by atomic mass is 9.92. The maximum Gasteiger partial charge on any atom is 0.416 e. The number of ether oxygens (including phenoxy) is 2. The molecule has 28 heavy (non-hydrogen) atoms. The van der Waals surface area contributed by atoms with Crippen LogP contribution in [0.4, 0.5) is 13.2 Å². The second kappa shape index (κ2) is 10.7. The average molecular weight is 402 g/mol. The van der Waals surface area contributed by atoms with E-state index in [0.717, 1.165) is 38.1 Å². The van der Waals surface area contributed by atoms with Crippen LogP contribution in [-0.2, 0) is 15.7 Å². The van der Waals surface area contributed by atoms with Crippen molar-refractivity contribution >= 4 is 5.91 Å². The van der Waals surface area contributed by atoms with Crippen LogP contribution in [0.2, 0.25) is 0 Å². The summed E-state index contributed by atoms with van der Waals surface area (Å²) in [4.78, 5) is 14.5. The Hall–Kier alpha value is -1.80. The van der Waals surface area contributed by atoms with Gasteiger partial charge in [-0.1, -0.05) is 26.7 Å². The molecule has 0 unspecified atom stereocenters. The van der Waals surface area contributed by atoms with Gasteiger partial charge in [-0.05, 0) is 30.2 Å². The van der Waals surface area contributed by atoms with Crippen LogP contribution in [0.1, 0.15) is 32.3 Å². The van der Waals surface area contributed by atoms with E-state index in [1.807, 2.05) is 0 Å². The van der Waals surface area contributed by atoms with Crippen molar-refractivity contribution in [3.05, 3.63) is 29.8 Å². The third kappa shape index (κ3) is 6.67. The molecule has 1 N–H and O–H groups in total. The van der Waals surface area contributed by atoms with E-state index in [1.54, 1.807) is 0 Å². The molecule has 1 amide bonds. The van der Waals surface area contributed by atoms with Gasteiger partial charge < -0.3 is 14.8 Å². The molecule has 1 aliphatic rings. The quantitative estimate of drug-likeness (QED) is 0.688. The Morgan fingerprint density at radius 2 is 1.79 bits per heavy atom. The van der Waals surface area contributed by atoms with E-state index in [0.29, 0.717) is 25.7 Å². The number of hydrogen-bond donors (Lipinski definition) is 1. The highest BCUT2D eigenvalue weighted by Crippen LogP contribution is 2.30. The van der Waals surface area contributed by atoms with Gasteiger partial charge in [0.15, 0.2) is 6.61 Å². The maximum atomic E-state index is 12.6. The molecule has 5 nitrogen and oxygen atoms in total. The molecule has 2 rings (SSSR count). The SMILES string of the molecule is CCC(CC)[C@@H](CNC(=O)COc1ccc(C(F)(F)F)cc1)N1CCOCC1. The number of hydrogen-bond acceptors (Lipinski definition) is 4. The first-order valence-corrected chi connectivity index (χ1v) is 9.73. The Balaban J connectivity index is 1.84. The third-order valence-electron chi connectivity index (χ3n) is 5.17. The second-order valence-electron chi connectivity index (χ2n) is 6.91. The van der Waals surface area contributed by atoms with Crippen molar-refractivity contribution in [2.75, 3.05) is 39.5 Å². The van der Waals surface area contributed by atoms with Crippen LogP contribution in [0.3, 0.4) is 0 Å². The number of nitrogens with one attached hydrogen (secondary N) is 1. The Morgan fingerprint density at radius 1 is 1.18 bits per heavy atom. The number of amides is 1. The first kappa shape index (κ1) is 22.5. The molecule has 158 valence electrons. The predicted octanol–water partition coefficient (Wildman–Crippen LogP) is 3.34. The lowest BCUT2D eigenvalue weighted by Gasteiger charge is -2.38. The van der Waals surface area contributed by atoms with E-state index in [-0.39, 0.29) is 24.3 Å². The highest BCUT2D eigenvalue weighted by molar-refractivity contribution is 5.77. The summed E-state index contributed by atoms with van der Waals surface area (Å²) in [6.07, 6.45) is -2.34. The molecule has 0 radical (unpaired) electrons. The fraction of sp³-hybridized carbons (Fsp3) is 0.650. The minimum absolute atomic E-state index is 0.230. The van der Waals surface area contributed by atoms with Crippen molar-refractivity contribution in [1.29, 1.82) is 0 Å². The fourth-order valence-corrected chi connectivity index (χ4v) is 3.49. The number of morpholine rings is 1. The first-order valence-electron chi connectivity index (χ1n) is 9.73. The van der Waals surface area contributed by atoms with Crippen LogP contribution in [-0.4, -0.2) is 56.3 Å². The third-order valence-corrected chi connectivity index (χ3v) is 5.17. The summed E-state index contributed by atoms with van der Waals surface area (Å²) in [6, 6.07) is 4.55. The Morgan fingerprint density at radius 3 is 2.32 bits per heavy atom. The molecule has 1 aliphatic heterocycles. The zero-order valence-electron chi connectivity index (χ0n) is 16.4. The number of benzene rings is 1. The molecule has 0 aliphatic carbocycles. The molecule has 1 fully saturated rings. The van der Waals surface area contributed by atoms with Gasteiger partial charge in [0.25, 0.3) is 5.91 Å². The van der Waals surface area contributed by atoms with Crippen molar-refractivity contribution in [2.45, 2.75) is 38.9 Å². The Kier molecular flexibility index (Phi) is 8.57. The standard InChI is InChI=1S/C20H29F3N2O3/c1-3-15(4-2)18(25-9-11-27-12-10-25)13-24-19(26)14-28-17-7-5-16(6-8-17)20(21,22)23/h5-8,15,18H,3-4,9-14H2,1-2H3,(H,24,26)/t18-/m1/s1. The number of carbonyl (C=O) groups excluding carboxylic acids is 1. The van der Waals surface area contributed by atoms with Crippen molar-refractivity contribution < 1.29 is 27.4 Å². The van der Waals surface area contributed by atoms with Crippen molar-refractivity contribution in [3.63, 3.8) is 0 Å². The van der Waals surface area contributed by atoms with E-state index in [9.17, 15) is 18.0 Å². The monoisotopic (exact) mass is 402 g/mol. The van der Waals surface area contributed by atoms with Crippen LogP contribution in [0, 0.1) is 5.92 Å². The highest BCUT2D eigenvalue weighted by Gasteiger charge is 2.30. The lowest BCUT2D eigenvalue weighted by Crippen LogP contribution is -2.52. The molecular weight excluding hydrogens is 373 g/mol. The maximum absolute atomic E-state index is 12.6. The molecular formula is C20H29F3N2O3. The van der Waals surface area contributed by atoms with Crippen molar-refractivity contribution in [2.24, 2.45) is 5.92 Å². The molecule has 0 bridgehead atoms. The van der Waals surface area contributed by atoms with Gasteiger partial charge in [0.1, 0.15) is 5.75 Å². The Bertz CT molecular complexity index is 598. The number of nitrogens with zero attached hydrogens (tertiary/aromatic N) is 1. The van der Waals surface area contributed by atoms with Gasteiger partial charge in [-0.15, -0.1) is 0 Å². The molecule has 1 saturated heterocycles. The molecule has 1 aromatic rings. The molecule has 0 aromatic heterocycles. The van der Waals surface area contributed by atoms with Crippen LogP contribution < -0.4 is 10.1 Å². The summed E-state index contributed by atoms with van der Waals surface area (Å²) in [7, 11) is 0. The fourth-order valence-electron chi connectivity index (χ4n) is 3.49. The van der Waals surface area contributed by atoms with Gasteiger partial charge in [0, 0.05) is 25.7 Å². The molecule has 1 atom stereocenters. The summed E-state index contributed by atoms with van der Waals surface area (Å²) in [5.74, 6) is 0.409. The highest BCUT2D eigenvalue weighted by atomic mass is 19.4. The molecule has 8 heteroatoms. The zero-order valence-corrected chi connectivity index (χ0v) is 16.4. The van der Waals surface area contributed by atoms with Crippen LogP contribution in [0.5, 0.6) is 5.75 Å². The zero-order chi connectivity index (χ0) is 20.6. The van der Waals surface area contributed by atoms with Gasteiger partial charge in [0.2, 0.25) is 0 Å². The topological polar surface area (TPSA) is 50.8 Å². The minimum Gasteiger partial charge on any atom is -0.484 e. The summed E-state index contributed by atoms with van der Waals surface area (Å²) in [5.41, 5.74) is -0.747. The van der Waals surface area contributed by atoms with Gasteiger partial charge in [-0.25, -0.2) is 0 Å². The van der Waals surface area contributed by atoms with E-state index >= 15 is 0 Å². The van der Waals surface area contributed by atoms with Crippen LogP contribution in [0.15, 0.2) is 24.3 Å². The van der Waals surface area contributed by atoms with E-state index < -0.39 is 11.7 Å². The number of alkyl halides is 3. The summed E-state index contributed by atoms with van der Waals surface area (Å²) in [5, 5.41) is 2.91. The Labute approximate surface area is 164 Å². The first-order chi connectivity index (χ1) is 13.3. The number of carbonyl (C=O) groups is 1. The van der Waals surface area contributed by atoms with Gasteiger partial charge >= 0.3 is 6.18 Å². The molecule has 0 spiro atoms. The van der Waals surface area contributed by atoms with E-state index in [2.05, 4.69) is 24.1 Å². The smallest absolute Gasteiger partial charge is 0.416 e. The largest absolute Gasteiger partial charge is 0.484 e. The van der Waals surface area contributed by atoms with E-state index in [4.69, 9.17) is 9.47 Å². The van der Waals surface area contributed by atoms with Gasteiger partial charge in [-0.3, -0.25) is 9.69 Å². The second-order valence-corrected chi connectivity index (χ2v) is 6.91. The number of rotatable bonds is 9. The number of halogens is 3. The van der Waals surface area contributed by atoms with Gasteiger partial charge in [0.05, 0.1) is 18.8 Å².